The molecule has 2 rings (SSSR count). The monoisotopic (exact) mass is 373 g/mol. The lowest BCUT2D eigenvalue weighted by Crippen LogP contribution is -2.24. The zero-order chi connectivity index (χ0) is 19.3. The number of hydrogen-bond acceptors (Lipinski definition) is 5. The van der Waals surface area contributed by atoms with Gasteiger partial charge in [0.1, 0.15) is 17.4 Å². The fraction of sp³-hybridized carbons (Fsp3) is 0.316. The second-order valence-electron chi connectivity index (χ2n) is 5.74. The van der Waals surface area contributed by atoms with E-state index in [4.69, 9.17) is 21.1 Å². The number of nitriles is 1. The number of rotatable bonds is 4. The molecule has 0 radical (unpaired) electrons. The molecule has 0 saturated heterocycles. The van der Waals surface area contributed by atoms with E-state index in [1.165, 1.54) is 0 Å². The van der Waals surface area contributed by atoms with Gasteiger partial charge in [-0.3, -0.25) is 0 Å². The standard InChI is InChI=1S/C19H20ClN3O3/c1-5-25-18(24)15-12(2)26-17(22-19(20)23(3)4)14(11-21)16(15)13-9-7-6-8-10-13/h6-10,16H,5H2,1-4H3/b22-19+. The number of esters is 1. The van der Waals surface area contributed by atoms with Gasteiger partial charge in [0, 0.05) is 14.1 Å². The Kier molecular flexibility index (Phi) is 6.42. The lowest BCUT2D eigenvalue weighted by Gasteiger charge is -2.27. The van der Waals surface area contributed by atoms with Crippen LogP contribution in [-0.4, -0.2) is 36.9 Å². The third-order valence-corrected chi connectivity index (χ3v) is 4.17. The number of hydrogen-bond donors (Lipinski definition) is 0. The Morgan fingerprint density at radius 1 is 1.38 bits per heavy atom. The van der Waals surface area contributed by atoms with Gasteiger partial charge < -0.3 is 14.4 Å². The van der Waals surface area contributed by atoms with Crippen molar-refractivity contribution < 1.29 is 14.3 Å². The number of halogens is 1. The third kappa shape index (κ3) is 4.06. The number of carbonyl (C=O) groups is 1. The quantitative estimate of drug-likeness (QED) is 0.349. The summed E-state index contributed by atoms with van der Waals surface area (Å²) in [4.78, 5) is 18.3. The van der Waals surface area contributed by atoms with E-state index < -0.39 is 11.9 Å². The Hall–Kier alpha value is -2.78. The molecule has 7 heteroatoms. The highest BCUT2D eigenvalue weighted by Crippen LogP contribution is 2.41. The van der Waals surface area contributed by atoms with E-state index in [9.17, 15) is 10.1 Å². The number of aliphatic imine (C=N–C) groups is 1. The first kappa shape index (κ1) is 19.5. The van der Waals surface area contributed by atoms with Crippen molar-refractivity contribution in [2.24, 2.45) is 4.99 Å². The molecule has 0 spiro atoms. The van der Waals surface area contributed by atoms with Crippen LogP contribution in [0.2, 0.25) is 0 Å². The molecule has 0 fully saturated rings. The molecular formula is C19H20ClN3O3. The van der Waals surface area contributed by atoms with Crippen molar-refractivity contribution in [1.82, 2.24) is 4.90 Å². The minimum Gasteiger partial charge on any atom is -0.463 e. The minimum absolute atomic E-state index is 0.0746. The van der Waals surface area contributed by atoms with Gasteiger partial charge in [-0.25, -0.2) is 4.79 Å². The molecule has 6 nitrogen and oxygen atoms in total. The van der Waals surface area contributed by atoms with Crippen molar-refractivity contribution in [3.63, 3.8) is 0 Å². The highest BCUT2D eigenvalue weighted by Gasteiger charge is 2.37. The summed E-state index contributed by atoms with van der Waals surface area (Å²) in [5.41, 5.74) is 1.25. The zero-order valence-corrected chi connectivity index (χ0v) is 15.9. The van der Waals surface area contributed by atoms with Crippen LogP contribution in [-0.2, 0) is 14.3 Å². The fourth-order valence-corrected chi connectivity index (χ4v) is 2.63. The van der Waals surface area contributed by atoms with Gasteiger partial charge >= 0.3 is 5.97 Å². The van der Waals surface area contributed by atoms with E-state index in [2.05, 4.69) is 11.1 Å². The molecule has 1 aliphatic heterocycles. The minimum atomic E-state index is -0.639. The van der Waals surface area contributed by atoms with E-state index in [-0.39, 0.29) is 28.9 Å². The molecule has 1 aromatic rings. The summed E-state index contributed by atoms with van der Waals surface area (Å²) in [6, 6.07) is 11.4. The largest absolute Gasteiger partial charge is 0.463 e. The maximum absolute atomic E-state index is 12.5. The molecule has 136 valence electrons. The molecule has 0 aliphatic carbocycles. The van der Waals surface area contributed by atoms with Crippen molar-refractivity contribution in [2.75, 3.05) is 20.7 Å². The molecule has 1 aliphatic rings. The summed E-state index contributed by atoms with van der Waals surface area (Å²) in [6.07, 6.45) is 0. The van der Waals surface area contributed by atoms with Crippen molar-refractivity contribution in [2.45, 2.75) is 19.8 Å². The molecule has 1 unspecified atom stereocenters. The number of amidine groups is 1. The molecule has 0 aromatic heterocycles. The van der Waals surface area contributed by atoms with E-state index in [0.29, 0.717) is 5.76 Å². The number of allylic oxidation sites excluding steroid dienone is 2. The predicted octanol–water partition coefficient (Wildman–Crippen LogP) is 3.53. The first-order chi connectivity index (χ1) is 12.4. The Morgan fingerprint density at radius 2 is 2.04 bits per heavy atom. The van der Waals surface area contributed by atoms with Gasteiger partial charge in [-0.05, 0) is 31.0 Å². The second-order valence-corrected chi connectivity index (χ2v) is 6.08. The van der Waals surface area contributed by atoms with Gasteiger partial charge in [0.25, 0.3) is 0 Å². The summed E-state index contributed by atoms with van der Waals surface area (Å²) >= 11 is 6.11. The van der Waals surface area contributed by atoms with Crippen molar-refractivity contribution >= 4 is 22.9 Å². The summed E-state index contributed by atoms with van der Waals surface area (Å²) in [7, 11) is 3.45. The van der Waals surface area contributed by atoms with Gasteiger partial charge in [-0.2, -0.15) is 10.3 Å². The van der Waals surface area contributed by atoms with Gasteiger partial charge in [-0.15, -0.1) is 0 Å². The highest BCUT2D eigenvalue weighted by atomic mass is 35.5. The molecule has 26 heavy (non-hydrogen) atoms. The van der Waals surface area contributed by atoms with Crippen molar-refractivity contribution in [3.8, 4) is 6.07 Å². The normalized spacial score (nSPS) is 17.5. The van der Waals surface area contributed by atoms with Gasteiger partial charge in [0.15, 0.2) is 0 Å². The van der Waals surface area contributed by atoms with Crippen LogP contribution < -0.4 is 0 Å². The molecule has 0 bridgehead atoms. The van der Waals surface area contributed by atoms with Crippen molar-refractivity contribution in [1.29, 1.82) is 5.26 Å². The average molecular weight is 374 g/mol. The summed E-state index contributed by atoms with van der Waals surface area (Å²) < 4.78 is 10.9. The highest BCUT2D eigenvalue weighted by molar-refractivity contribution is 6.64. The lowest BCUT2D eigenvalue weighted by atomic mass is 9.83. The Labute approximate surface area is 158 Å². The third-order valence-electron chi connectivity index (χ3n) is 3.75. The molecule has 0 saturated carbocycles. The smallest absolute Gasteiger partial charge is 0.338 e. The molecule has 1 heterocycles. The fourth-order valence-electron chi connectivity index (χ4n) is 2.55. The molecule has 1 atom stereocenters. The van der Waals surface area contributed by atoms with E-state index in [1.54, 1.807) is 32.8 Å². The number of benzene rings is 1. The van der Waals surface area contributed by atoms with Crippen molar-refractivity contribution in [3.05, 3.63) is 58.7 Å². The van der Waals surface area contributed by atoms with Gasteiger partial charge in [0.2, 0.25) is 11.2 Å². The number of carbonyl (C=O) groups excluding carboxylic acids is 1. The molecule has 0 N–H and O–H groups in total. The van der Waals surface area contributed by atoms with Crippen LogP contribution in [0.25, 0.3) is 0 Å². The Balaban J connectivity index is 2.66. The van der Waals surface area contributed by atoms with Crippen LogP contribution in [0.5, 0.6) is 0 Å². The van der Waals surface area contributed by atoms with Crippen LogP contribution in [0, 0.1) is 11.3 Å². The molecular weight excluding hydrogens is 354 g/mol. The van der Waals surface area contributed by atoms with Gasteiger partial charge in [0.05, 0.1) is 18.1 Å². The van der Waals surface area contributed by atoms with Crippen LogP contribution in [0.15, 0.2) is 58.1 Å². The Morgan fingerprint density at radius 3 is 2.58 bits per heavy atom. The predicted molar refractivity (Wildman–Crippen MR) is 99.2 cm³/mol. The van der Waals surface area contributed by atoms with Gasteiger partial charge in [-0.1, -0.05) is 30.3 Å². The maximum atomic E-state index is 12.5. The lowest BCUT2D eigenvalue weighted by molar-refractivity contribution is -0.139. The zero-order valence-electron chi connectivity index (χ0n) is 15.1. The summed E-state index contributed by atoms with van der Waals surface area (Å²) in [5.74, 6) is -0.753. The van der Waals surface area contributed by atoms with Crippen LogP contribution in [0.1, 0.15) is 25.3 Å². The first-order valence-electron chi connectivity index (χ1n) is 8.07. The summed E-state index contributed by atoms with van der Waals surface area (Å²) in [5, 5.41) is 9.93. The number of nitrogens with zero attached hydrogens (tertiary/aromatic N) is 3. The molecule has 1 aromatic carbocycles. The first-order valence-corrected chi connectivity index (χ1v) is 8.44. The van der Waals surface area contributed by atoms with E-state index >= 15 is 0 Å². The maximum Gasteiger partial charge on any atom is 0.338 e. The van der Waals surface area contributed by atoms with Crippen LogP contribution in [0.3, 0.4) is 0 Å². The SMILES string of the molecule is CCOC(=O)C1=C(C)OC(/N=C(\Cl)N(C)C)=C(C#N)C1c1ccccc1. The summed E-state index contributed by atoms with van der Waals surface area (Å²) in [6.45, 7) is 3.60. The van der Waals surface area contributed by atoms with E-state index in [1.807, 2.05) is 30.3 Å². The number of ether oxygens (including phenoxy) is 2. The second kappa shape index (κ2) is 8.54. The average Bonchev–Trinajstić information content (AvgIpc) is 2.61. The van der Waals surface area contributed by atoms with Crippen LogP contribution >= 0.6 is 11.6 Å². The molecule has 0 amide bonds. The van der Waals surface area contributed by atoms with E-state index in [0.717, 1.165) is 5.56 Å². The Bertz CT molecular complexity index is 820. The van der Waals surface area contributed by atoms with Crippen LogP contribution in [0.4, 0.5) is 0 Å². The topological polar surface area (TPSA) is 74.9 Å².